The van der Waals surface area contributed by atoms with Crippen molar-refractivity contribution >= 4 is 40.7 Å². The van der Waals surface area contributed by atoms with Gasteiger partial charge < -0.3 is 10.6 Å². The lowest BCUT2D eigenvalue weighted by molar-refractivity contribution is -0.129. The molecule has 4 amide bonds. The Bertz CT molecular complexity index is 1350. The van der Waals surface area contributed by atoms with Crippen LogP contribution in [0.5, 0.6) is 5.75 Å². The first-order valence-corrected chi connectivity index (χ1v) is 14.1. The van der Waals surface area contributed by atoms with Gasteiger partial charge in [0.1, 0.15) is 17.6 Å². The van der Waals surface area contributed by atoms with E-state index >= 15 is 0 Å². The molecular weight excluding hydrogens is 536 g/mol. The molecule has 3 aromatic rings. The molecule has 2 fully saturated rings. The number of anilines is 3. The van der Waals surface area contributed by atoms with E-state index < -0.39 is 11.8 Å². The van der Waals surface area contributed by atoms with Gasteiger partial charge >= 0.3 is 0 Å². The first kappa shape index (κ1) is 31.8. The molecule has 42 heavy (non-hydrogen) atoms. The Morgan fingerprint density at radius 3 is 1.57 bits per heavy atom. The third-order valence-electron chi connectivity index (χ3n) is 7.07. The number of hydrazine groups is 2. The van der Waals surface area contributed by atoms with E-state index in [1.165, 1.54) is 27.2 Å². The molecule has 0 radical (unpaired) electrons. The van der Waals surface area contributed by atoms with Gasteiger partial charge in [-0.3, -0.25) is 24.6 Å². The van der Waals surface area contributed by atoms with Gasteiger partial charge in [-0.2, -0.15) is 0 Å². The number of para-hydroxylation sites is 2. The number of carbonyl (C=O) groups is 4. The van der Waals surface area contributed by atoms with Gasteiger partial charge in [0.2, 0.25) is 0 Å². The SMILES string of the molecule is CCCCC1C(=O)N(c2ccccc2)N(c2ccc(O)cc2)C1=O.CCCCC1C(=O)NN(c2ccccc2)C1=O.O. The summed E-state index contributed by atoms with van der Waals surface area (Å²) < 4.78 is 0. The van der Waals surface area contributed by atoms with Crippen LogP contribution in [0, 0.1) is 11.8 Å². The van der Waals surface area contributed by atoms with Crippen molar-refractivity contribution in [3.63, 3.8) is 0 Å². The van der Waals surface area contributed by atoms with Crippen molar-refractivity contribution in [2.24, 2.45) is 11.8 Å². The molecule has 5 rings (SSSR count). The predicted octanol–water partition coefficient (Wildman–Crippen LogP) is 4.54. The number of amides is 4. The molecule has 3 aromatic carbocycles. The van der Waals surface area contributed by atoms with E-state index in [4.69, 9.17) is 0 Å². The van der Waals surface area contributed by atoms with Crippen molar-refractivity contribution in [1.29, 1.82) is 0 Å². The minimum absolute atomic E-state index is 0. The summed E-state index contributed by atoms with van der Waals surface area (Å²) in [7, 11) is 0. The smallest absolute Gasteiger partial charge is 0.258 e. The summed E-state index contributed by atoms with van der Waals surface area (Å²) >= 11 is 0. The van der Waals surface area contributed by atoms with Crippen LogP contribution < -0.4 is 20.5 Å². The molecule has 0 spiro atoms. The van der Waals surface area contributed by atoms with Crippen LogP contribution in [-0.4, -0.2) is 34.2 Å². The summed E-state index contributed by atoms with van der Waals surface area (Å²) in [5, 5.41) is 13.7. The fourth-order valence-corrected chi connectivity index (χ4v) is 4.84. The topological polar surface area (TPSA) is 142 Å². The molecule has 10 heteroatoms. The Balaban J connectivity index is 0.000000238. The number of aromatic hydroxyl groups is 1. The lowest BCUT2D eigenvalue weighted by Gasteiger charge is -2.27. The van der Waals surface area contributed by atoms with Crippen molar-refractivity contribution in [3.8, 4) is 5.75 Å². The van der Waals surface area contributed by atoms with E-state index in [9.17, 15) is 24.3 Å². The first-order chi connectivity index (χ1) is 19.9. The largest absolute Gasteiger partial charge is 0.508 e. The number of carbonyl (C=O) groups excluding carboxylic acids is 4. The molecule has 222 valence electrons. The maximum Gasteiger partial charge on any atom is 0.258 e. The van der Waals surface area contributed by atoms with Gasteiger partial charge in [0, 0.05) is 0 Å². The van der Waals surface area contributed by atoms with E-state index in [1.54, 1.807) is 36.4 Å². The zero-order valence-corrected chi connectivity index (χ0v) is 23.9. The maximum absolute atomic E-state index is 12.9. The van der Waals surface area contributed by atoms with Crippen molar-refractivity contribution in [1.82, 2.24) is 5.43 Å². The average Bonchev–Trinajstić information content (AvgIpc) is 3.42. The number of unbranched alkanes of at least 4 members (excludes halogenated alkanes) is 2. The summed E-state index contributed by atoms with van der Waals surface area (Å²) in [5.41, 5.74) is 4.56. The minimum Gasteiger partial charge on any atom is -0.508 e. The van der Waals surface area contributed by atoms with Gasteiger partial charge in [0.05, 0.1) is 17.1 Å². The molecule has 2 unspecified atom stereocenters. The van der Waals surface area contributed by atoms with E-state index in [0.29, 0.717) is 29.9 Å². The number of hydrogen-bond donors (Lipinski definition) is 2. The van der Waals surface area contributed by atoms with Crippen molar-refractivity contribution in [2.45, 2.75) is 52.4 Å². The summed E-state index contributed by atoms with van der Waals surface area (Å²) in [6.45, 7) is 4.09. The fraction of sp³-hybridized carbons (Fsp3) is 0.312. The Kier molecular flexibility index (Phi) is 11.2. The highest BCUT2D eigenvalue weighted by Crippen LogP contribution is 2.34. The van der Waals surface area contributed by atoms with E-state index in [1.807, 2.05) is 50.2 Å². The van der Waals surface area contributed by atoms with Gasteiger partial charge in [-0.05, 0) is 61.4 Å². The Morgan fingerprint density at radius 1 is 0.619 bits per heavy atom. The minimum atomic E-state index is -0.654. The number of nitrogens with zero attached hydrogens (tertiary/aromatic N) is 3. The Hall–Kier alpha value is -4.70. The van der Waals surface area contributed by atoms with Crippen LogP contribution in [0.3, 0.4) is 0 Å². The third kappa shape index (κ3) is 6.95. The van der Waals surface area contributed by atoms with Crippen LogP contribution in [0.15, 0.2) is 84.9 Å². The van der Waals surface area contributed by atoms with E-state index in [0.717, 1.165) is 25.7 Å². The second kappa shape index (κ2) is 14.8. The molecule has 4 N–H and O–H groups in total. The van der Waals surface area contributed by atoms with E-state index in [2.05, 4.69) is 5.43 Å². The maximum atomic E-state index is 12.9. The monoisotopic (exact) mass is 574 g/mol. The molecule has 2 saturated heterocycles. The lowest BCUT2D eigenvalue weighted by atomic mass is 10.0. The van der Waals surface area contributed by atoms with Gasteiger partial charge in [0.15, 0.2) is 0 Å². The summed E-state index contributed by atoms with van der Waals surface area (Å²) in [4.78, 5) is 49.5. The number of hydrogen-bond acceptors (Lipinski definition) is 5. The van der Waals surface area contributed by atoms with Crippen molar-refractivity contribution in [3.05, 3.63) is 84.9 Å². The van der Waals surface area contributed by atoms with E-state index in [-0.39, 0.29) is 34.9 Å². The third-order valence-corrected chi connectivity index (χ3v) is 7.07. The Morgan fingerprint density at radius 2 is 1.07 bits per heavy atom. The fourth-order valence-electron chi connectivity index (χ4n) is 4.84. The number of phenolic OH excluding ortho intramolecular Hbond substituents is 1. The standard InChI is InChI=1S/C19H20N2O3.C13H16N2O2.H2O/c1-2-3-9-17-18(23)20(14-7-5-4-6-8-14)21(19(17)24)15-10-12-16(22)13-11-15;1-2-3-9-11-12(16)14-15(13(11)17)10-7-5-4-6-8-10;/h4-8,10-13,17,22H,2-3,9H2,1H3;4-8,11H,2-3,9H2,1H3,(H,14,16);1H2. The molecule has 2 heterocycles. The lowest BCUT2D eigenvalue weighted by Crippen LogP contribution is -2.41. The second-order valence-electron chi connectivity index (χ2n) is 10.0. The molecule has 0 aromatic heterocycles. The van der Waals surface area contributed by atoms with Crippen molar-refractivity contribution < 1.29 is 29.8 Å². The van der Waals surface area contributed by atoms with Gasteiger partial charge in [0.25, 0.3) is 23.6 Å². The van der Waals surface area contributed by atoms with Gasteiger partial charge in [-0.1, -0.05) is 75.9 Å². The zero-order valence-electron chi connectivity index (χ0n) is 23.9. The molecule has 0 aliphatic carbocycles. The van der Waals surface area contributed by atoms with Crippen LogP contribution in [0.2, 0.25) is 0 Å². The zero-order chi connectivity index (χ0) is 29.4. The summed E-state index contributed by atoms with van der Waals surface area (Å²) in [5.74, 6) is -1.81. The molecule has 0 saturated carbocycles. The second-order valence-corrected chi connectivity index (χ2v) is 10.0. The van der Waals surface area contributed by atoms with Crippen LogP contribution in [0.25, 0.3) is 0 Å². The quantitative estimate of drug-likeness (QED) is 0.361. The molecule has 2 atom stereocenters. The highest BCUT2D eigenvalue weighted by molar-refractivity contribution is 6.23. The first-order valence-electron chi connectivity index (χ1n) is 14.1. The van der Waals surface area contributed by atoms with Crippen LogP contribution in [-0.2, 0) is 19.2 Å². The molecule has 10 nitrogen and oxygen atoms in total. The Labute approximate surface area is 245 Å². The number of benzene rings is 3. The molecular formula is C32H38N4O6. The molecule has 2 aliphatic rings. The molecule has 2 aliphatic heterocycles. The normalized spacial score (nSPS) is 18.0. The number of phenols is 1. The van der Waals surface area contributed by atoms with Crippen LogP contribution in [0.1, 0.15) is 52.4 Å². The van der Waals surface area contributed by atoms with Crippen LogP contribution >= 0.6 is 0 Å². The number of rotatable bonds is 9. The highest BCUT2D eigenvalue weighted by atomic mass is 16.3. The van der Waals surface area contributed by atoms with Crippen molar-refractivity contribution in [2.75, 3.05) is 15.0 Å². The average molecular weight is 575 g/mol. The van der Waals surface area contributed by atoms with Gasteiger partial charge in [-0.15, -0.1) is 0 Å². The summed E-state index contributed by atoms with van der Waals surface area (Å²) in [6.07, 6.45) is 4.82. The highest BCUT2D eigenvalue weighted by Gasteiger charge is 2.46. The number of nitrogens with one attached hydrogen (secondary N) is 1. The summed E-state index contributed by atoms with van der Waals surface area (Å²) in [6, 6.07) is 24.6. The van der Waals surface area contributed by atoms with Crippen LogP contribution in [0.4, 0.5) is 17.1 Å². The molecule has 0 bridgehead atoms. The predicted molar refractivity (Wildman–Crippen MR) is 161 cm³/mol. The van der Waals surface area contributed by atoms with Gasteiger partial charge in [-0.25, -0.2) is 15.0 Å².